The molecule has 0 aliphatic rings. The number of aryl methyl sites for hydroxylation is 1. The first-order chi connectivity index (χ1) is 6.00. The van der Waals surface area contributed by atoms with Gasteiger partial charge < -0.3 is 11.5 Å². The van der Waals surface area contributed by atoms with Crippen molar-refractivity contribution in [2.45, 2.75) is 26.3 Å². The average Bonchev–Trinajstić information content (AvgIpc) is 2.31. The van der Waals surface area contributed by atoms with Gasteiger partial charge in [0, 0.05) is 7.05 Å². The van der Waals surface area contributed by atoms with Crippen LogP contribution in [0.3, 0.4) is 0 Å². The first-order valence-corrected chi connectivity index (χ1v) is 4.42. The Kier molecular flexibility index (Phi) is 2.87. The number of rotatable bonds is 3. The third-order valence-electron chi connectivity index (χ3n) is 1.87. The van der Waals surface area contributed by atoms with Crippen LogP contribution in [0, 0.1) is 5.92 Å². The minimum atomic E-state index is -0.108. The molecule has 1 atom stereocenters. The second kappa shape index (κ2) is 3.74. The molecule has 0 aromatic carbocycles. The Balaban J connectivity index is 2.71. The molecule has 0 amide bonds. The second-order valence-corrected chi connectivity index (χ2v) is 3.69. The van der Waals surface area contributed by atoms with Crippen LogP contribution in [-0.2, 0) is 7.05 Å². The molecular formula is C8H17N5. The molecule has 5 heteroatoms. The molecule has 0 fully saturated rings. The van der Waals surface area contributed by atoms with Gasteiger partial charge in [0.05, 0.1) is 6.04 Å². The zero-order valence-corrected chi connectivity index (χ0v) is 8.36. The van der Waals surface area contributed by atoms with E-state index < -0.39 is 0 Å². The van der Waals surface area contributed by atoms with Crippen LogP contribution in [0.25, 0.3) is 0 Å². The van der Waals surface area contributed by atoms with Crippen LogP contribution >= 0.6 is 0 Å². The average molecular weight is 183 g/mol. The fourth-order valence-corrected chi connectivity index (χ4v) is 1.19. The van der Waals surface area contributed by atoms with Crippen molar-refractivity contribution in [2.24, 2.45) is 18.7 Å². The van der Waals surface area contributed by atoms with Gasteiger partial charge in [-0.15, -0.1) is 0 Å². The highest BCUT2D eigenvalue weighted by Gasteiger charge is 2.14. The molecule has 1 unspecified atom stereocenters. The molecular weight excluding hydrogens is 166 g/mol. The Bertz CT molecular complexity index is 259. The Hall–Kier alpha value is -1.10. The van der Waals surface area contributed by atoms with Crippen molar-refractivity contribution in [1.29, 1.82) is 0 Å². The van der Waals surface area contributed by atoms with Crippen LogP contribution in [0.15, 0.2) is 0 Å². The van der Waals surface area contributed by atoms with E-state index >= 15 is 0 Å². The van der Waals surface area contributed by atoms with E-state index in [0.717, 1.165) is 6.42 Å². The van der Waals surface area contributed by atoms with Gasteiger partial charge in [0.15, 0.2) is 5.82 Å². The topological polar surface area (TPSA) is 82.7 Å². The lowest BCUT2D eigenvalue weighted by molar-refractivity contribution is 0.491. The van der Waals surface area contributed by atoms with Gasteiger partial charge in [-0.25, -0.2) is 4.68 Å². The molecule has 4 N–H and O–H groups in total. The monoisotopic (exact) mass is 183 g/mol. The molecule has 0 saturated heterocycles. The second-order valence-electron chi connectivity index (χ2n) is 3.69. The summed E-state index contributed by atoms with van der Waals surface area (Å²) < 4.78 is 1.54. The van der Waals surface area contributed by atoms with Crippen LogP contribution in [0.2, 0.25) is 0 Å². The summed E-state index contributed by atoms with van der Waals surface area (Å²) in [7, 11) is 1.76. The molecule has 0 radical (unpaired) electrons. The Morgan fingerprint density at radius 1 is 1.46 bits per heavy atom. The fraction of sp³-hybridized carbons (Fsp3) is 0.750. The lowest BCUT2D eigenvalue weighted by Crippen LogP contribution is -2.14. The van der Waals surface area contributed by atoms with Crippen molar-refractivity contribution in [3.8, 4) is 0 Å². The first kappa shape index (κ1) is 9.98. The quantitative estimate of drug-likeness (QED) is 0.712. The van der Waals surface area contributed by atoms with Crippen LogP contribution in [-0.4, -0.2) is 14.8 Å². The molecule has 0 saturated carbocycles. The number of anilines is 1. The highest BCUT2D eigenvalue weighted by molar-refractivity contribution is 5.16. The summed E-state index contributed by atoms with van der Waals surface area (Å²) in [6.07, 6.45) is 0.878. The smallest absolute Gasteiger partial charge is 0.218 e. The van der Waals surface area contributed by atoms with E-state index in [1.807, 2.05) is 0 Å². The predicted molar refractivity (Wildman–Crippen MR) is 51.8 cm³/mol. The maximum atomic E-state index is 5.88. The standard InChI is InChI=1S/C8H17N5/c1-5(2)4-6(9)7-11-8(10)13(3)12-7/h5-6H,4,9H2,1-3H3,(H2,10,11,12). The molecule has 1 aromatic heterocycles. The van der Waals surface area contributed by atoms with E-state index in [-0.39, 0.29) is 6.04 Å². The third-order valence-corrected chi connectivity index (χ3v) is 1.87. The molecule has 1 rings (SSSR count). The molecule has 0 bridgehead atoms. The van der Waals surface area contributed by atoms with Gasteiger partial charge in [0.2, 0.25) is 5.95 Å². The van der Waals surface area contributed by atoms with E-state index in [2.05, 4.69) is 23.9 Å². The summed E-state index contributed by atoms with van der Waals surface area (Å²) in [6.45, 7) is 4.23. The Labute approximate surface area is 78.1 Å². The molecule has 0 aliphatic carbocycles. The summed E-state index contributed by atoms with van der Waals surface area (Å²) in [5.74, 6) is 1.59. The van der Waals surface area contributed by atoms with Gasteiger partial charge in [-0.3, -0.25) is 0 Å². The van der Waals surface area contributed by atoms with Crippen molar-refractivity contribution in [3.63, 3.8) is 0 Å². The Morgan fingerprint density at radius 3 is 2.46 bits per heavy atom. The van der Waals surface area contributed by atoms with E-state index in [0.29, 0.717) is 17.7 Å². The largest absolute Gasteiger partial charge is 0.368 e. The molecule has 0 aliphatic heterocycles. The van der Waals surface area contributed by atoms with Gasteiger partial charge in [0.1, 0.15) is 0 Å². The minimum Gasteiger partial charge on any atom is -0.368 e. The van der Waals surface area contributed by atoms with E-state index in [1.54, 1.807) is 7.05 Å². The van der Waals surface area contributed by atoms with Crippen LogP contribution in [0.1, 0.15) is 32.1 Å². The number of hydrogen-bond donors (Lipinski definition) is 2. The summed E-state index contributed by atoms with van der Waals surface area (Å²) in [5, 5.41) is 4.12. The van der Waals surface area contributed by atoms with Crippen molar-refractivity contribution in [1.82, 2.24) is 14.8 Å². The van der Waals surface area contributed by atoms with Crippen molar-refractivity contribution in [2.75, 3.05) is 5.73 Å². The first-order valence-electron chi connectivity index (χ1n) is 4.42. The lowest BCUT2D eigenvalue weighted by Gasteiger charge is -2.09. The summed E-state index contributed by atoms with van der Waals surface area (Å²) in [5.41, 5.74) is 11.4. The van der Waals surface area contributed by atoms with E-state index in [1.165, 1.54) is 4.68 Å². The maximum Gasteiger partial charge on any atom is 0.218 e. The van der Waals surface area contributed by atoms with Crippen molar-refractivity contribution < 1.29 is 0 Å². The zero-order chi connectivity index (χ0) is 10.0. The van der Waals surface area contributed by atoms with E-state index in [4.69, 9.17) is 11.5 Å². The molecule has 74 valence electrons. The maximum absolute atomic E-state index is 5.88. The third kappa shape index (κ3) is 2.42. The van der Waals surface area contributed by atoms with Crippen LogP contribution in [0.5, 0.6) is 0 Å². The molecule has 1 aromatic rings. The number of nitrogen functional groups attached to an aromatic ring is 1. The minimum absolute atomic E-state index is 0.108. The normalized spacial score (nSPS) is 13.6. The predicted octanol–water partition coefficient (Wildman–Crippen LogP) is 0.443. The summed E-state index contributed by atoms with van der Waals surface area (Å²) in [4.78, 5) is 4.07. The van der Waals surface area contributed by atoms with Crippen molar-refractivity contribution >= 4 is 5.95 Å². The highest BCUT2D eigenvalue weighted by atomic mass is 15.4. The van der Waals surface area contributed by atoms with Gasteiger partial charge in [0.25, 0.3) is 0 Å². The zero-order valence-electron chi connectivity index (χ0n) is 8.36. The summed E-state index contributed by atoms with van der Waals surface area (Å²) in [6, 6.07) is -0.108. The molecule has 5 nitrogen and oxygen atoms in total. The van der Waals surface area contributed by atoms with Gasteiger partial charge >= 0.3 is 0 Å². The highest BCUT2D eigenvalue weighted by Crippen LogP contribution is 2.15. The Morgan fingerprint density at radius 2 is 2.08 bits per heavy atom. The molecule has 0 spiro atoms. The molecule has 1 heterocycles. The van der Waals surface area contributed by atoms with Crippen LogP contribution < -0.4 is 11.5 Å². The number of aromatic nitrogens is 3. The number of hydrogen-bond acceptors (Lipinski definition) is 4. The van der Waals surface area contributed by atoms with Gasteiger partial charge in [-0.05, 0) is 12.3 Å². The van der Waals surface area contributed by atoms with Crippen molar-refractivity contribution in [3.05, 3.63) is 5.82 Å². The fourth-order valence-electron chi connectivity index (χ4n) is 1.19. The number of nitrogens with zero attached hydrogens (tertiary/aromatic N) is 3. The van der Waals surface area contributed by atoms with Gasteiger partial charge in [-0.1, -0.05) is 13.8 Å². The van der Waals surface area contributed by atoms with Crippen LogP contribution in [0.4, 0.5) is 5.95 Å². The summed E-state index contributed by atoms with van der Waals surface area (Å²) >= 11 is 0. The van der Waals surface area contributed by atoms with E-state index in [9.17, 15) is 0 Å². The number of nitrogens with two attached hydrogens (primary N) is 2. The lowest BCUT2D eigenvalue weighted by atomic mass is 10.0. The molecule has 13 heavy (non-hydrogen) atoms. The SMILES string of the molecule is CC(C)CC(N)c1nc(N)n(C)n1. The van der Waals surface area contributed by atoms with Gasteiger partial charge in [-0.2, -0.15) is 10.1 Å².